The van der Waals surface area contributed by atoms with Crippen LogP contribution in [0, 0.1) is 0 Å². The number of nitrogens with one attached hydrogen (secondary N) is 2. The molecule has 0 saturated carbocycles. The first-order chi connectivity index (χ1) is 13.6. The minimum atomic E-state index is -0.365. The smallest absolute Gasteiger partial charge is 0.336 e. The summed E-state index contributed by atoms with van der Waals surface area (Å²) in [6.45, 7) is 5.74. The van der Waals surface area contributed by atoms with Gasteiger partial charge in [-0.15, -0.1) is 0 Å². The number of fused-ring (bicyclic) bond motifs is 1. The molecule has 0 radical (unpaired) electrons. The van der Waals surface area contributed by atoms with Crippen LogP contribution >= 0.6 is 0 Å². The van der Waals surface area contributed by atoms with Crippen molar-refractivity contribution in [1.82, 2.24) is 0 Å². The predicted molar refractivity (Wildman–Crippen MR) is 107 cm³/mol. The molecular formula is C22H26N2O4+2. The molecule has 0 atom stereocenters. The molecule has 146 valence electrons. The summed E-state index contributed by atoms with van der Waals surface area (Å²) in [7, 11) is 0. The van der Waals surface area contributed by atoms with Gasteiger partial charge in [-0.2, -0.15) is 0 Å². The molecule has 0 spiro atoms. The number of hydrogen-bond acceptors (Lipinski definition) is 4. The Hall–Kier alpha value is -2.67. The normalized spacial score (nSPS) is 19.8. The van der Waals surface area contributed by atoms with Crippen molar-refractivity contribution in [3.8, 4) is 16.9 Å². The van der Waals surface area contributed by atoms with Gasteiger partial charge in [0.2, 0.25) is 0 Å². The lowest BCUT2D eigenvalue weighted by atomic mass is 10.0. The molecule has 28 heavy (non-hydrogen) atoms. The summed E-state index contributed by atoms with van der Waals surface area (Å²) in [6, 6.07) is 14.6. The summed E-state index contributed by atoms with van der Waals surface area (Å²) in [4.78, 5) is 15.0. The Balaban J connectivity index is 1.64. The van der Waals surface area contributed by atoms with E-state index in [1.165, 1.54) is 9.80 Å². The Morgan fingerprint density at radius 2 is 1.68 bits per heavy atom. The number of aliphatic hydroxyl groups excluding tert-OH is 1. The maximum absolute atomic E-state index is 12.1. The van der Waals surface area contributed by atoms with Crippen LogP contribution in [-0.4, -0.2) is 49.5 Å². The van der Waals surface area contributed by atoms with E-state index in [2.05, 4.69) is 0 Å². The van der Waals surface area contributed by atoms with Gasteiger partial charge < -0.3 is 24.4 Å². The van der Waals surface area contributed by atoms with Gasteiger partial charge in [0.05, 0.1) is 6.61 Å². The molecular weight excluding hydrogens is 356 g/mol. The van der Waals surface area contributed by atoms with E-state index in [9.17, 15) is 9.90 Å². The minimum Gasteiger partial charge on any atom is -0.507 e. The van der Waals surface area contributed by atoms with Crippen molar-refractivity contribution in [2.75, 3.05) is 39.3 Å². The van der Waals surface area contributed by atoms with Crippen LogP contribution in [0.25, 0.3) is 22.1 Å². The third-order valence-electron chi connectivity index (χ3n) is 5.60. The van der Waals surface area contributed by atoms with Crippen molar-refractivity contribution in [3.05, 3.63) is 64.5 Å². The third-order valence-corrected chi connectivity index (χ3v) is 5.60. The van der Waals surface area contributed by atoms with Gasteiger partial charge in [0.15, 0.2) is 0 Å². The van der Waals surface area contributed by atoms with Crippen LogP contribution in [0.2, 0.25) is 0 Å². The van der Waals surface area contributed by atoms with E-state index in [1.54, 1.807) is 18.2 Å². The molecule has 3 aromatic rings. The van der Waals surface area contributed by atoms with Crippen molar-refractivity contribution in [1.29, 1.82) is 0 Å². The highest BCUT2D eigenvalue weighted by atomic mass is 16.4. The average molecular weight is 382 g/mol. The number of phenolic OH excluding ortho intramolecular Hbond substituents is 1. The second kappa shape index (κ2) is 8.14. The van der Waals surface area contributed by atoms with E-state index in [4.69, 9.17) is 9.52 Å². The molecule has 1 saturated heterocycles. The standard InChI is InChI=1S/C22H24N2O4/c25-11-10-23-6-8-24(9-7-23)15-17-12-22(27)28-21-14-18(20(26)13-19(17)21)16-4-2-1-3-5-16/h1-5,12-14,25-26H,6-11,15H2/p+2. The van der Waals surface area contributed by atoms with Gasteiger partial charge in [0.25, 0.3) is 0 Å². The maximum atomic E-state index is 12.1. The molecule has 1 aliphatic heterocycles. The highest BCUT2D eigenvalue weighted by molar-refractivity contribution is 5.88. The SMILES string of the molecule is O=c1cc(C[NH+]2CC[NH+](CCO)CC2)c2cc(O)c(-c3ccccc3)cc2o1. The summed E-state index contributed by atoms with van der Waals surface area (Å²) in [5.74, 6) is 0.181. The fourth-order valence-corrected chi connectivity index (χ4v) is 4.07. The second-order valence-corrected chi connectivity index (χ2v) is 7.47. The van der Waals surface area contributed by atoms with Gasteiger partial charge in [-0.3, -0.25) is 0 Å². The van der Waals surface area contributed by atoms with Crippen LogP contribution in [-0.2, 0) is 6.54 Å². The molecule has 1 fully saturated rings. The molecule has 4 N–H and O–H groups in total. The Kier molecular flexibility index (Phi) is 5.43. The van der Waals surface area contributed by atoms with Crippen molar-refractivity contribution in [3.63, 3.8) is 0 Å². The van der Waals surface area contributed by atoms with E-state index >= 15 is 0 Å². The first kappa shape index (κ1) is 18.7. The lowest BCUT2D eigenvalue weighted by Crippen LogP contribution is -3.27. The van der Waals surface area contributed by atoms with Gasteiger partial charge in [0.1, 0.15) is 50.6 Å². The van der Waals surface area contributed by atoms with Crippen molar-refractivity contribution >= 4 is 11.0 Å². The van der Waals surface area contributed by atoms with E-state index < -0.39 is 0 Å². The maximum Gasteiger partial charge on any atom is 0.336 e. The van der Waals surface area contributed by atoms with E-state index in [0.717, 1.165) is 55.8 Å². The number of phenols is 1. The number of quaternary nitrogens is 2. The fraction of sp³-hybridized carbons (Fsp3) is 0.318. The lowest BCUT2D eigenvalue weighted by molar-refractivity contribution is -1.02. The first-order valence-corrected chi connectivity index (χ1v) is 9.77. The molecule has 2 heterocycles. The van der Waals surface area contributed by atoms with Crippen LogP contribution in [0.3, 0.4) is 0 Å². The van der Waals surface area contributed by atoms with Crippen molar-refractivity contribution < 1.29 is 24.4 Å². The summed E-state index contributed by atoms with van der Waals surface area (Å²) in [5, 5.41) is 20.5. The van der Waals surface area contributed by atoms with Gasteiger partial charge >= 0.3 is 5.63 Å². The molecule has 4 rings (SSSR count). The molecule has 0 unspecified atom stereocenters. The zero-order valence-corrected chi connectivity index (χ0v) is 15.8. The number of aliphatic hydroxyl groups is 1. The number of aromatic hydroxyl groups is 1. The molecule has 6 heteroatoms. The molecule has 2 aromatic carbocycles. The number of rotatable bonds is 5. The molecule has 0 aliphatic carbocycles. The molecule has 1 aliphatic rings. The van der Waals surface area contributed by atoms with Crippen LogP contribution in [0.4, 0.5) is 0 Å². The Bertz CT molecular complexity index is 1010. The van der Waals surface area contributed by atoms with Crippen LogP contribution in [0.5, 0.6) is 5.75 Å². The van der Waals surface area contributed by atoms with Crippen LogP contribution in [0.15, 0.2) is 57.7 Å². The van der Waals surface area contributed by atoms with Gasteiger partial charge in [0, 0.05) is 22.6 Å². The largest absolute Gasteiger partial charge is 0.507 e. The summed E-state index contributed by atoms with van der Waals surface area (Å²) in [5.41, 5.74) is 2.58. The topological polar surface area (TPSA) is 79.6 Å². The summed E-state index contributed by atoms with van der Waals surface area (Å²) >= 11 is 0. The van der Waals surface area contributed by atoms with E-state index in [1.807, 2.05) is 30.3 Å². The van der Waals surface area contributed by atoms with Crippen LogP contribution < -0.4 is 15.4 Å². The van der Waals surface area contributed by atoms with Crippen molar-refractivity contribution in [2.45, 2.75) is 6.54 Å². The number of hydrogen-bond donors (Lipinski definition) is 4. The molecule has 1 aromatic heterocycles. The monoisotopic (exact) mass is 382 g/mol. The van der Waals surface area contributed by atoms with Crippen LogP contribution in [0.1, 0.15) is 5.56 Å². The highest BCUT2D eigenvalue weighted by Gasteiger charge is 2.24. The Labute approximate surface area is 163 Å². The fourth-order valence-electron chi connectivity index (χ4n) is 4.07. The summed E-state index contributed by atoms with van der Waals surface area (Å²) < 4.78 is 5.45. The highest BCUT2D eigenvalue weighted by Crippen LogP contribution is 2.33. The Morgan fingerprint density at radius 3 is 2.39 bits per heavy atom. The molecule has 6 nitrogen and oxygen atoms in total. The van der Waals surface area contributed by atoms with Gasteiger partial charge in [-0.05, 0) is 17.7 Å². The number of piperazine rings is 1. The van der Waals surface area contributed by atoms with E-state index in [-0.39, 0.29) is 18.0 Å². The molecule has 0 bridgehead atoms. The minimum absolute atomic E-state index is 0.181. The zero-order valence-electron chi connectivity index (χ0n) is 15.8. The molecule has 0 amide bonds. The second-order valence-electron chi connectivity index (χ2n) is 7.47. The van der Waals surface area contributed by atoms with Gasteiger partial charge in [-0.1, -0.05) is 30.3 Å². The first-order valence-electron chi connectivity index (χ1n) is 9.77. The Morgan fingerprint density at radius 1 is 0.964 bits per heavy atom. The zero-order chi connectivity index (χ0) is 19.5. The number of benzene rings is 2. The van der Waals surface area contributed by atoms with E-state index in [0.29, 0.717) is 11.1 Å². The third kappa shape index (κ3) is 3.94. The quantitative estimate of drug-likeness (QED) is 0.446. The lowest BCUT2D eigenvalue weighted by Gasteiger charge is -2.29. The van der Waals surface area contributed by atoms with Crippen molar-refractivity contribution in [2.24, 2.45) is 0 Å². The van der Waals surface area contributed by atoms with Gasteiger partial charge in [-0.25, -0.2) is 4.79 Å². The summed E-state index contributed by atoms with van der Waals surface area (Å²) in [6.07, 6.45) is 0. The predicted octanol–water partition coefficient (Wildman–Crippen LogP) is -0.559. The average Bonchev–Trinajstić information content (AvgIpc) is 2.70.